The second-order valence-corrected chi connectivity index (χ2v) is 7.29. The molecule has 1 atom stereocenters. The Balaban J connectivity index is 1.64. The van der Waals surface area contributed by atoms with E-state index in [0.717, 1.165) is 28.5 Å². The van der Waals surface area contributed by atoms with E-state index in [1.54, 1.807) is 29.3 Å². The highest BCUT2D eigenvalue weighted by Crippen LogP contribution is 2.30. The quantitative estimate of drug-likeness (QED) is 0.468. The number of nitrogens with one attached hydrogen (secondary N) is 1. The number of H-pyrrole nitrogens is 1. The summed E-state index contributed by atoms with van der Waals surface area (Å²) in [5.74, 6) is 0.385. The van der Waals surface area contributed by atoms with Gasteiger partial charge in [-0.05, 0) is 41.8 Å². The van der Waals surface area contributed by atoms with Crippen LogP contribution in [0.25, 0.3) is 17.0 Å². The normalized spacial score (nSPS) is 12.3. The van der Waals surface area contributed by atoms with Crippen molar-refractivity contribution in [2.24, 2.45) is 0 Å². The number of nitrogens with two attached hydrogens (primary N) is 1. The SMILES string of the molecule is CN(C(=O)C=Cc1ccc(N)nc1)C(Cc1ccccc1)c1c[nH]c2ccccc12. The Hall–Kier alpha value is -3.86. The van der Waals surface area contributed by atoms with Gasteiger partial charge in [-0.25, -0.2) is 4.98 Å². The highest BCUT2D eigenvalue weighted by atomic mass is 16.2. The number of carbonyl (C=O) groups is 1. The van der Waals surface area contributed by atoms with E-state index in [9.17, 15) is 4.79 Å². The van der Waals surface area contributed by atoms with Crippen molar-refractivity contribution in [3.8, 4) is 0 Å². The van der Waals surface area contributed by atoms with Crippen LogP contribution in [0.15, 0.2) is 85.2 Å². The maximum absolute atomic E-state index is 13.0. The number of benzene rings is 2. The molecule has 1 unspecified atom stereocenters. The molecule has 4 aromatic rings. The topological polar surface area (TPSA) is 75.0 Å². The first-order chi connectivity index (χ1) is 14.6. The lowest BCUT2D eigenvalue weighted by atomic mass is 9.97. The first-order valence-corrected chi connectivity index (χ1v) is 9.88. The van der Waals surface area contributed by atoms with Gasteiger partial charge in [-0.1, -0.05) is 48.5 Å². The molecule has 0 aliphatic rings. The average Bonchev–Trinajstić information content (AvgIpc) is 3.21. The molecule has 0 aliphatic heterocycles. The summed E-state index contributed by atoms with van der Waals surface area (Å²) in [7, 11) is 1.85. The van der Waals surface area contributed by atoms with E-state index in [-0.39, 0.29) is 11.9 Å². The van der Waals surface area contributed by atoms with Crippen LogP contribution in [-0.2, 0) is 11.2 Å². The van der Waals surface area contributed by atoms with Gasteiger partial charge in [-0.2, -0.15) is 0 Å². The molecule has 0 spiro atoms. The highest BCUT2D eigenvalue weighted by molar-refractivity contribution is 5.92. The number of nitrogens with zero attached hydrogens (tertiary/aromatic N) is 2. The summed E-state index contributed by atoms with van der Waals surface area (Å²) in [6.45, 7) is 0. The van der Waals surface area contributed by atoms with Gasteiger partial charge in [0.15, 0.2) is 0 Å². The van der Waals surface area contributed by atoms with E-state index in [1.807, 2.05) is 55.7 Å². The molecule has 4 rings (SSSR count). The number of hydrogen-bond donors (Lipinski definition) is 2. The van der Waals surface area contributed by atoms with Crippen LogP contribution in [0.4, 0.5) is 5.82 Å². The van der Waals surface area contributed by atoms with Crippen molar-refractivity contribution in [1.29, 1.82) is 0 Å². The van der Waals surface area contributed by atoms with E-state index in [4.69, 9.17) is 5.73 Å². The Labute approximate surface area is 175 Å². The Morgan fingerprint density at radius 2 is 1.87 bits per heavy atom. The second-order valence-electron chi connectivity index (χ2n) is 7.29. The Morgan fingerprint density at radius 1 is 1.10 bits per heavy atom. The van der Waals surface area contributed by atoms with Crippen LogP contribution in [0, 0.1) is 0 Å². The smallest absolute Gasteiger partial charge is 0.246 e. The van der Waals surface area contributed by atoms with Gasteiger partial charge < -0.3 is 15.6 Å². The number of para-hydroxylation sites is 1. The summed E-state index contributed by atoms with van der Waals surface area (Å²) in [4.78, 5) is 22.2. The second kappa shape index (κ2) is 8.66. The number of rotatable bonds is 6. The predicted octanol–water partition coefficient (Wildman–Crippen LogP) is 4.60. The molecule has 5 heteroatoms. The first-order valence-electron chi connectivity index (χ1n) is 9.88. The molecule has 2 aromatic carbocycles. The molecule has 0 aliphatic carbocycles. The van der Waals surface area contributed by atoms with Gasteiger partial charge in [0.1, 0.15) is 5.82 Å². The number of aromatic amines is 1. The van der Waals surface area contributed by atoms with Crippen molar-refractivity contribution in [2.75, 3.05) is 12.8 Å². The van der Waals surface area contributed by atoms with E-state index in [0.29, 0.717) is 5.82 Å². The van der Waals surface area contributed by atoms with Crippen LogP contribution in [-0.4, -0.2) is 27.8 Å². The number of fused-ring (bicyclic) bond motifs is 1. The summed E-state index contributed by atoms with van der Waals surface area (Å²) in [6, 6.07) is 21.9. The predicted molar refractivity (Wildman–Crippen MR) is 122 cm³/mol. The molecule has 2 aromatic heterocycles. The Morgan fingerprint density at radius 3 is 2.63 bits per heavy atom. The van der Waals surface area contributed by atoms with E-state index in [2.05, 4.69) is 28.2 Å². The fraction of sp³-hybridized carbons (Fsp3) is 0.120. The summed E-state index contributed by atoms with van der Waals surface area (Å²) >= 11 is 0. The molecule has 0 fully saturated rings. The Bertz CT molecular complexity index is 1160. The number of anilines is 1. The van der Waals surface area contributed by atoms with Crippen LogP contribution in [0.3, 0.4) is 0 Å². The van der Waals surface area contributed by atoms with Gasteiger partial charge >= 0.3 is 0 Å². The van der Waals surface area contributed by atoms with Gasteiger partial charge in [-0.15, -0.1) is 0 Å². The van der Waals surface area contributed by atoms with Crippen molar-refractivity contribution in [2.45, 2.75) is 12.5 Å². The lowest BCUT2D eigenvalue weighted by Gasteiger charge is -2.27. The molecule has 3 N–H and O–H groups in total. The van der Waals surface area contributed by atoms with Crippen LogP contribution in [0.5, 0.6) is 0 Å². The number of hydrogen-bond acceptors (Lipinski definition) is 3. The summed E-state index contributed by atoms with van der Waals surface area (Å²) < 4.78 is 0. The van der Waals surface area contributed by atoms with E-state index >= 15 is 0 Å². The number of nitrogen functional groups attached to an aromatic ring is 1. The van der Waals surface area contributed by atoms with Gasteiger partial charge in [0.25, 0.3) is 0 Å². The maximum Gasteiger partial charge on any atom is 0.246 e. The molecule has 0 saturated heterocycles. The fourth-order valence-corrected chi connectivity index (χ4v) is 3.62. The van der Waals surface area contributed by atoms with Gasteiger partial charge in [-0.3, -0.25) is 4.79 Å². The molecule has 2 heterocycles. The summed E-state index contributed by atoms with van der Waals surface area (Å²) in [5, 5.41) is 1.13. The number of likely N-dealkylation sites (N-methyl/N-ethyl adjacent to an activating group) is 1. The summed E-state index contributed by atoms with van der Waals surface area (Å²) in [5.41, 5.74) is 9.81. The monoisotopic (exact) mass is 396 g/mol. The van der Waals surface area contributed by atoms with Crippen LogP contribution in [0.1, 0.15) is 22.7 Å². The van der Waals surface area contributed by atoms with Gasteiger partial charge in [0.2, 0.25) is 5.91 Å². The average molecular weight is 396 g/mol. The zero-order chi connectivity index (χ0) is 20.9. The van der Waals surface area contributed by atoms with Gasteiger partial charge in [0, 0.05) is 42.0 Å². The Kier molecular flexibility index (Phi) is 5.61. The first kappa shape index (κ1) is 19.5. The van der Waals surface area contributed by atoms with Crippen LogP contribution >= 0.6 is 0 Å². The number of aromatic nitrogens is 2. The minimum atomic E-state index is -0.106. The third-order valence-corrected chi connectivity index (χ3v) is 5.29. The molecule has 5 nitrogen and oxygen atoms in total. The third kappa shape index (κ3) is 4.25. The number of amides is 1. The molecule has 0 saturated carbocycles. The molecule has 150 valence electrons. The highest BCUT2D eigenvalue weighted by Gasteiger charge is 2.23. The zero-order valence-corrected chi connectivity index (χ0v) is 16.8. The molecule has 0 radical (unpaired) electrons. The largest absolute Gasteiger partial charge is 0.384 e. The van der Waals surface area contributed by atoms with Crippen molar-refractivity contribution in [1.82, 2.24) is 14.9 Å². The molecule has 1 amide bonds. The maximum atomic E-state index is 13.0. The lowest BCUT2D eigenvalue weighted by molar-refractivity contribution is -0.126. The molecular weight excluding hydrogens is 372 g/mol. The standard InChI is InChI=1S/C25H24N4O/c1-29(25(30)14-12-19-11-13-24(26)28-16-19)23(15-18-7-3-2-4-8-18)21-17-27-22-10-6-5-9-20(21)22/h2-14,16-17,23,27H,15H2,1H3,(H2,26,28). The van der Waals surface area contributed by atoms with Crippen molar-refractivity contribution in [3.63, 3.8) is 0 Å². The third-order valence-electron chi connectivity index (χ3n) is 5.29. The van der Waals surface area contributed by atoms with Crippen molar-refractivity contribution in [3.05, 3.63) is 102 Å². The van der Waals surface area contributed by atoms with Crippen LogP contribution < -0.4 is 5.73 Å². The van der Waals surface area contributed by atoms with Crippen LogP contribution in [0.2, 0.25) is 0 Å². The lowest BCUT2D eigenvalue weighted by Crippen LogP contribution is -2.31. The number of pyridine rings is 1. The fourth-order valence-electron chi connectivity index (χ4n) is 3.62. The van der Waals surface area contributed by atoms with Gasteiger partial charge in [0.05, 0.1) is 6.04 Å². The number of carbonyl (C=O) groups excluding carboxylic acids is 1. The minimum absolute atomic E-state index is 0.0713. The van der Waals surface area contributed by atoms with Crippen molar-refractivity contribution < 1.29 is 4.79 Å². The molecule has 0 bridgehead atoms. The van der Waals surface area contributed by atoms with Crippen molar-refractivity contribution >= 4 is 28.7 Å². The van der Waals surface area contributed by atoms with E-state index < -0.39 is 0 Å². The minimum Gasteiger partial charge on any atom is -0.384 e. The summed E-state index contributed by atoms with van der Waals surface area (Å²) in [6.07, 6.45) is 7.73. The molecular formula is C25H24N4O. The zero-order valence-electron chi connectivity index (χ0n) is 16.8. The molecule has 30 heavy (non-hydrogen) atoms. The van der Waals surface area contributed by atoms with E-state index in [1.165, 1.54) is 5.56 Å².